The van der Waals surface area contributed by atoms with Gasteiger partial charge in [-0.3, -0.25) is 4.99 Å². The summed E-state index contributed by atoms with van der Waals surface area (Å²) in [6.45, 7) is 6.71. The Labute approximate surface area is 164 Å². The van der Waals surface area contributed by atoms with Crippen molar-refractivity contribution in [2.24, 2.45) is 10.9 Å². The summed E-state index contributed by atoms with van der Waals surface area (Å²) in [5.41, 5.74) is 0. The van der Waals surface area contributed by atoms with Gasteiger partial charge in [0, 0.05) is 48.6 Å². The molecule has 1 aliphatic rings. The maximum absolute atomic E-state index is 5.48. The molecule has 4 nitrogen and oxygen atoms in total. The van der Waals surface area contributed by atoms with Crippen molar-refractivity contribution in [3.8, 4) is 0 Å². The van der Waals surface area contributed by atoms with Crippen LogP contribution in [0.15, 0.2) is 38.6 Å². The van der Waals surface area contributed by atoms with Gasteiger partial charge in [0.15, 0.2) is 5.96 Å². The van der Waals surface area contributed by atoms with Crippen LogP contribution in [0.3, 0.4) is 0 Å². The molecule has 0 spiro atoms. The number of nitrogens with one attached hydrogen (secondary N) is 1. The Morgan fingerprint density at radius 2 is 2.24 bits per heavy atom. The highest BCUT2D eigenvalue weighted by molar-refractivity contribution is 9.10. The first-order valence-corrected chi connectivity index (χ1v) is 10.9. The third kappa shape index (κ3) is 7.59. The molecule has 2 rings (SSSR count). The fourth-order valence-corrected chi connectivity index (χ4v) is 4.39. The van der Waals surface area contributed by atoms with Crippen LogP contribution in [0.2, 0.25) is 0 Å². The molecule has 0 amide bonds. The van der Waals surface area contributed by atoms with Crippen molar-refractivity contribution in [3.63, 3.8) is 0 Å². The van der Waals surface area contributed by atoms with E-state index in [1.165, 1.54) is 15.8 Å². The first-order valence-electron chi connectivity index (χ1n) is 9.15. The number of ether oxygens (including phenoxy) is 1. The Bertz CT molecular complexity index is 535. The van der Waals surface area contributed by atoms with Gasteiger partial charge in [-0.25, -0.2) is 0 Å². The molecular weight excluding hydrogens is 398 g/mol. The number of nitrogens with zero attached hydrogens (tertiary/aromatic N) is 2. The summed E-state index contributed by atoms with van der Waals surface area (Å²) in [6, 6.07) is 8.41. The van der Waals surface area contributed by atoms with Gasteiger partial charge >= 0.3 is 0 Å². The van der Waals surface area contributed by atoms with Gasteiger partial charge in [0.05, 0.1) is 6.61 Å². The third-order valence-corrected chi connectivity index (χ3v) is 6.27. The van der Waals surface area contributed by atoms with E-state index in [9.17, 15) is 0 Å². The molecule has 25 heavy (non-hydrogen) atoms. The number of hydrogen-bond acceptors (Lipinski definition) is 3. The van der Waals surface area contributed by atoms with Gasteiger partial charge in [-0.15, -0.1) is 11.8 Å². The molecule has 0 aromatic heterocycles. The molecule has 0 aliphatic carbocycles. The van der Waals surface area contributed by atoms with E-state index in [-0.39, 0.29) is 0 Å². The molecular formula is C19H30BrN3OS. The van der Waals surface area contributed by atoms with Crippen LogP contribution in [-0.4, -0.2) is 56.5 Å². The van der Waals surface area contributed by atoms with E-state index < -0.39 is 0 Å². The maximum Gasteiger partial charge on any atom is 0.193 e. The van der Waals surface area contributed by atoms with Crippen LogP contribution in [0.1, 0.15) is 26.2 Å². The number of guanidine groups is 1. The van der Waals surface area contributed by atoms with E-state index in [1.54, 1.807) is 0 Å². The van der Waals surface area contributed by atoms with Crippen LogP contribution >= 0.6 is 27.7 Å². The molecule has 1 aromatic rings. The monoisotopic (exact) mass is 427 g/mol. The topological polar surface area (TPSA) is 36.9 Å². The normalized spacial score (nSPS) is 17.7. The fourth-order valence-electron chi connectivity index (χ4n) is 2.81. The SMILES string of the molecule is CCNC(=NCCCCSc1ccccc1Br)N(C)CC1CCOC1. The number of unbranched alkanes of at least 4 members (excludes halogenated alkanes) is 1. The zero-order valence-electron chi connectivity index (χ0n) is 15.3. The van der Waals surface area contributed by atoms with Crippen molar-refractivity contribution in [3.05, 3.63) is 28.7 Å². The van der Waals surface area contributed by atoms with Crippen molar-refractivity contribution < 1.29 is 4.74 Å². The van der Waals surface area contributed by atoms with Gasteiger partial charge in [-0.05, 0) is 60.0 Å². The number of hydrogen-bond donors (Lipinski definition) is 1. The molecule has 140 valence electrons. The van der Waals surface area contributed by atoms with Gasteiger partial charge in [-0.1, -0.05) is 12.1 Å². The minimum atomic E-state index is 0.634. The molecule has 1 unspecified atom stereocenters. The van der Waals surface area contributed by atoms with E-state index in [4.69, 9.17) is 9.73 Å². The zero-order valence-corrected chi connectivity index (χ0v) is 17.7. The number of halogens is 1. The summed E-state index contributed by atoms with van der Waals surface area (Å²) in [6.07, 6.45) is 3.46. The molecule has 0 saturated carbocycles. The molecule has 0 bridgehead atoms. The number of thioether (sulfide) groups is 1. The summed E-state index contributed by atoms with van der Waals surface area (Å²) < 4.78 is 6.66. The molecule has 0 radical (unpaired) electrons. The van der Waals surface area contributed by atoms with Crippen LogP contribution in [0.5, 0.6) is 0 Å². The first kappa shape index (κ1) is 20.6. The minimum absolute atomic E-state index is 0.634. The number of aliphatic imine (C=N–C) groups is 1. The molecule has 1 atom stereocenters. The zero-order chi connectivity index (χ0) is 17.9. The second kappa shape index (κ2) is 11.8. The van der Waals surface area contributed by atoms with E-state index in [1.807, 2.05) is 11.8 Å². The average Bonchev–Trinajstić information content (AvgIpc) is 3.11. The third-order valence-electron chi connectivity index (χ3n) is 4.16. The van der Waals surface area contributed by atoms with Gasteiger partial charge < -0.3 is 15.0 Å². The molecule has 1 aliphatic heterocycles. The van der Waals surface area contributed by atoms with Crippen molar-refractivity contribution in [2.75, 3.05) is 45.6 Å². The Morgan fingerprint density at radius 1 is 1.40 bits per heavy atom. The fraction of sp³-hybridized carbons (Fsp3) is 0.632. The summed E-state index contributed by atoms with van der Waals surface area (Å²) >= 11 is 5.51. The molecule has 1 heterocycles. The average molecular weight is 428 g/mol. The highest BCUT2D eigenvalue weighted by atomic mass is 79.9. The first-order chi connectivity index (χ1) is 12.2. The van der Waals surface area contributed by atoms with Crippen LogP contribution < -0.4 is 5.32 Å². The smallest absolute Gasteiger partial charge is 0.193 e. The van der Waals surface area contributed by atoms with Crippen LogP contribution in [0.4, 0.5) is 0 Å². The lowest BCUT2D eigenvalue weighted by atomic mass is 10.1. The Hall–Kier alpha value is -0.720. The van der Waals surface area contributed by atoms with Crippen molar-refractivity contribution in [2.45, 2.75) is 31.1 Å². The highest BCUT2D eigenvalue weighted by Crippen LogP contribution is 2.27. The maximum atomic E-state index is 5.48. The predicted octanol–water partition coefficient (Wildman–Crippen LogP) is 4.26. The molecule has 6 heteroatoms. The lowest BCUT2D eigenvalue weighted by Gasteiger charge is -2.24. The van der Waals surface area contributed by atoms with Gasteiger partial charge in [0.25, 0.3) is 0 Å². The molecule has 1 aromatic carbocycles. The van der Waals surface area contributed by atoms with Gasteiger partial charge in [0.2, 0.25) is 0 Å². The number of rotatable bonds is 9. The number of benzene rings is 1. The van der Waals surface area contributed by atoms with E-state index in [0.717, 1.165) is 57.4 Å². The van der Waals surface area contributed by atoms with Crippen molar-refractivity contribution >= 4 is 33.7 Å². The molecule has 1 N–H and O–H groups in total. The van der Waals surface area contributed by atoms with Gasteiger partial charge in [0.1, 0.15) is 0 Å². The summed E-state index contributed by atoms with van der Waals surface area (Å²) in [7, 11) is 2.13. The largest absolute Gasteiger partial charge is 0.381 e. The second-order valence-corrected chi connectivity index (χ2v) is 8.32. The van der Waals surface area contributed by atoms with Gasteiger partial charge in [-0.2, -0.15) is 0 Å². The van der Waals surface area contributed by atoms with Crippen LogP contribution in [-0.2, 0) is 4.74 Å². The lowest BCUT2D eigenvalue weighted by Crippen LogP contribution is -2.41. The van der Waals surface area contributed by atoms with E-state index in [0.29, 0.717) is 5.92 Å². The van der Waals surface area contributed by atoms with Crippen LogP contribution in [0, 0.1) is 5.92 Å². The molecule has 1 saturated heterocycles. The van der Waals surface area contributed by atoms with Crippen molar-refractivity contribution in [1.29, 1.82) is 0 Å². The van der Waals surface area contributed by atoms with Crippen molar-refractivity contribution in [1.82, 2.24) is 10.2 Å². The molecule has 1 fully saturated rings. The van der Waals surface area contributed by atoms with Crippen LogP contribution in [0.25, 0.3) is 0 Å². The highest BCUT2D eigenvalue weighted by Gasteiger charge is 2.18. The summed E-state index contributed by atoms with van der Waals surface area (Å²) in [4.78, 5) is 8.36. The Morgan fingerprint density at radius 3 is 2.96 bits per heavy atom. The summed E-state index contributed by atoms with van der Waals surface area (Å²) in [5, 5.41) is 3.40. The standard InChI is InChI=1S/C19H30BrN3OS/c1-3-21-19(23(2)14-16-10-12-24-15-16)22-11-6-7-13-25-18-9-5-4-8-17(18)20/h4-5,8-9,16H,3,6-7,10-15H2,1-2H3,(H,21,22). The second-order valence-electron chi connectivity index (χ2n) is 6.33. The Kier molecular flexibility index (Phi) is 9.73. The quantitative estimate of drug-likeness (QED) is 0.276. The predicted molar refractivity (Wildman–Crippen MR) is 112 cm³/mol. The van der Waals surface area contributed by atoms with E-state index in [2.05, 4.69) is 64.4 Å². The van der Waals surface area contributed by atoms with E-state index >= 15 is 0 Å². The lowest BCUT2D eigenvalue weighted by molar-refractivity contribution is 0.181. The summed E-state index contributed by atoms with van der Waals surface area (Å²) in [5.74, 6) is 2.78. The minimum Gasteiger partial charge on any atom is -0.381 e. The Balaban J connectivity index is 1.68.